The molecule has 3 rings (SSSR count). The summed E-state index contributed by atoms with van der Waals surface area (Å²) < 4.78 is 7.73. The van der Waals surface area contributed by atoms with Crippen molar-refractivity contribution >= 4 is 5.91 Å². The molecular formula is C19H23N5O2. The molecule has 2 atom stereocenters. The smallest absolute Gasteiger partial charge is 0.255 e. The van der Waals surface area contributed by atoms with Crippen LogP contribution in [0.25, 0.3) is 0 Å². The maximum Gasteiger partial charge on any atom is 0.255 e. The van der Waals surface area contributed by atoms with Gasteiger partial charge in [0.25, 0.3) is 5.91 Å². The Morgan fingerprint density at radius 2 is 2.19 bits per heavy atom. The van der Waals surface area contributed by atoms with Crippen molar-refractivity contribution in [1.82, 2.24) is 19.6 Å². The van der Waals surface area contributed by atoms with Gasteiger partial charge >= 0.3 is 0 Å². The molecule has 1 aromatic carbocycles. The second kappa shape index (κ2) is 7.68. The molecule has 1 fully saturated rings. The van der Waals surface area contributed by atoms with E-state index < -0.39 is 0 Å². The molecule has 1 aliphatic rings. The van der Waals surface area contributed by atoms with Crippen LogP contribution in [-0.2, 0) is 11.8 Å². The van der Waals surface area contributed by atoms with Crippen molar-refractivity contribution in [1.29, 1.82) is 5.26 Å². The standard InChI is InChI=1S/C19H23N5O2/c1-22(2)13-17-18(15-11-21-23(3)12-15)24(8-9-26-17)19(25)16-7-5-4-6-14(16)10-20/h4-7,11-12,17-18H,8-9,13H2,1-3H3/t17-,18-/m0/s1. The third kappa shape index (κ3) is 3.62. The number of benzene rings is 1. The van der Waals surface area contributed by atoms with Crippen LogP contribution in [0.15, 0.2) is 36.7 Å². The van der Waals surface area contributed by atoms with Gasteiger partial charge in [-0.1, -0.05) is 12.1 Å². The Labute approximate surface area is 153 Å². The molecule has 7 heteroatoms. The minimum absolute atomic E-state index is 0.150. The summed E-state index contributed by atoms with van der Waals surface area (Å²) in [5.41, 5.74) is 1.74. The number of carbonyl (C=O) groups is 1. The highest BCUT2D eigenvalue weighted by Gasteiger charge is 2.38. The first kappa shape index (κ1) is 18.1. The number of carbonyl (C=O) groups excluding carboxylic acids is 1. The van der Waals surface area contributed by atoms with Gasteiger partial charge in [-0.3, -0.25) is 9.48 Å². The van der Waals surface area contributed by atoms with Crippen LogP contribution < -0.4 is 0 Å². The molecule has 0 bridgehead atoms. The zero-order valence-corrected chi connectivity index (χ0v) is 15.3. The number of nitriles is 1. The van der Waals surface area contributed by atoms with Crippen LogP contribution >= 0.6 is 0 Å². The zero-order chi connectivity index (χ0) is 18.7. The lowest BCUT2D eigenvalue weighted by atomic mass is 9.98. The van der Waals surface area contributed by atoms with Crippen LogP contribution in [0, 0.1) is 11.3 Å². The first-order valence-electron chi connectivity index (χ1n) is 8.56. The van der Waals surface area contributed by atoms with Gasteiger partial charge in [-0.25, -0.2) is 0 Å². The van der Waals surface area contributed by atoms with E-state index in [4.69, 9.17) is 4.74 Å². The molecule has 1 aromatic heterocycles. The Morgan fingerprint density at radius 3 is 2.85 bits per heavy atom. The number of aromatic nitrogens is 2. The van der Waals surface area contributed by atoms with Gasteiger partial charge in [0.05, 0.1) is 42.1 Å². The maximum atomic E-state index is 13.3. The summed E-state index contributed by atoms with van der Waals surface area (Å²) in [5, 5.41) is 13.6. The summed E-state index contributed by atoms with van der Waals surface area (Å²) >= 11 is 0. The van der Waals surface area contributed by atoms with Gasteiger partial charge < -0.3 is 14.5 Å². The molecule has 0 radical (unpaired) electrons. The number of ether oxygens (including phenoxy) is 1. The van der Waals surface area contributed by atoms with Crippen LogP contribution in [0.3, 0.4) is 0 Å². The Balaban J connectivity index is 1.99. The van der Waals surface area contributed by atoms with Crippen molar-refractivity contribution in [2.45, 2.75) is 12.1 Å². The van der Waals surface area contributed by atoms with Crippen molar-refractivity contribution < 1.29 is 9.53 Å². The van der Waals surface area contributed by atoms with Gasteiger partial charge in [0.2, 0.25) is 0 Å². The highest BCUT2D eigenvalue weighted by atomic mass is 16.5. The van der Waals surface area contributed by atoms with Gasteiger partial charge in [0, 0.05) is 31.9 Å². The molecular weight excluding hydrogens is 330 g/mol. The fraction of sp³-hybridized carbons (Fsp3) is 0.421. The van der Waals surface area contributed by atoms with Crippen molar-refractivity contribution in [2.24, 2.45) is 7.05 Å². The van der Waals surface area contributed by atoms with E-state index in [1.807, 2.05) is 37.1 Å². The van der Waals surface area contributed by atoms with Gasteiger partial charge in [0.15, 0.2) is 0 Å². The molecule has 136 valence electrons. The molecule has 7 nitrogen and oxygen atoms in total. The van der Waals surface area contributed by atoms with Crippen molar-refractivity contribution in [3.63, 3.8) is 0 Å². The molecule has 0 saturated carbocycles. The number of rotatable bonds is 4. The summed E-state index contributed by atoms with van der Waals surface area (Å²) in [6.07, 6.45) is 3.53. The van der Waals surface area contributed by atoms with Gasteiger partial charge in [0.1, 0.15) is 0 Å². The van der Waals surface area contributed by atoms with Crippen LogP contribution in [-0.4, -0.2) is 65.4 Å². The molecule has 0 aliphatic carbocycles. The van der Waals surface area contributed by atoms with Crippen molar-refractivity contribution in [3.05, 3.63) is 53.3 Å². The summed E-state index contributed by atoms with van der Waals surface area (Å²) in [7, 11) is 5.82. The van der Waals surface area contributed by atoms with E-state index in [1.165, 1.54) is 0 Å². The molecule has 0 unspecified atom stereocenters. The van der Waals surface area contributed by atoms with E-state index in [0.29, 0.717) is 30.8 Å². The predicted molar refractivity (Wildman–Crippen MR) is 96.4 cm³/mol. The topological polar surface area (TPSA) is 74.4 Å². The Bertz CT molecular complexity index is 823. The van der Waals surface area contributed by atoms with Crippen LogP contribution in [0.5, 0.6) is 0 Å². The summed E-state index contributed by atoms with van der Waals surface area (Å²) in [5.74, 6) is -0.150. The van der Waals surface area contributed by atoms with E-state index >= 15 is 0 Å². The fourth-order valence-corrected chi connectivity index (χ4v) is 3.38. The minimum Gasteiger partial charge on any atom is -0.373 e. The third-order valence-electron chi connectivity index (χ3n) is 4.50. The molecule has 1 amide bonds. The molecule has 26 heavy (non-hydrogen) atoms. The second-order valence-corrected chi connectivity index (χ2v) is 6.72. The van der Waals surface area contributed by atoms with Gasteiger partial charge in [-0.2, -0.15) is 10.4 Å². The SMILES string of the molecule is CN(C)C[C@@H]1OCCN(C(=O)c2ccccc2C#N)[C@H]1c1cnn(C)c1. The zero-order valence-electron chi connectivity index (χ0n) is 15.3. The Hall–Kier alpha value is -2.69. The quantitative estimate of drug-likeness (QED) is 0.831. The van der Waals surface area contributed by atoms with Crippen LogP contribution in [0.2, 0.25) is 0 Å². The monoisotopic (exact) mass is 353 g/mol. The molecule has 1 aliphatic heterocycles. The van der Waals surface area contributed by atoms with Crippen LogP contribution in [0.4, 0.5) is 0 Å². The first-order chi connectivity index (χ1) is 12.5. The average molecular weight is 353 g/mol. The van der Waals surface area contributed by atoms with Crippen molar-refractivity contribution in [3.8, 4) is 6.07 Å². The lowest BCUT2D eigenvalue weighted by Gasteiger charge is -2.42. The number of likely N-dealkylation sites (N-methyl/N-ethyl adjacent to an activating group) is 1. The third-order valence-corrected chi connectivity index (χ3v) is 4.50. The minimum atomic E-state index is -0.251. The number of hydrogen-bond donors (Lipinski definition) is 0. The second-order valence-electron chi connectivity index (χ2n) is 6.72. The average Bonchev–Trinajstić information content (AvgIpc) is 3.06. The normalized spacial score (nSPS) is 20.2. The fourth-order valence-electron chi connectivity index (χ4n) is 3.38. The summed E-state index contributed by atoms with van der Waals surface area (Å²) in [4.78, 5) is 17.1. The summed E-state index contributed by atoms with van der Waals surface area (Å²) in [6.45, 7) is 1.63. The molecule has 2 heterocycles. The maximum absolute atomic E-state index is 13.3. The highest BCUT2D eigenvalue weighted by molar-refractivity contribution is 5.97. The molecule has 2 aromatic rings. The lowest BCUT2D eigenvalue weighted by molar-refractivity contribution is -0.0684. The van der Waals surface area contributed by atoms with Crippen molar-refractivity contribution in [2.75, 3.05) is 33.8 Å². The molecule has 0 spiro atoms. The summed E-state index contributed by atoms with van der Waals surface area (Å²) in [6, 6.07) is 8.79. The van der Waals surface area contributed by atoms with E-state index in [-0.39, 0.29) is 18.1 Å². The Kier molecular flexibility index (Phi) is 5.35. The number of amides is 1. The van der Waals surface area contributed by atoms with Crippen LogP contribution in [0.1, 0.15) is 27.5 Å². The van der Waals surface area contributed by atoms with E-state index in [2.05, 4.69) is 11.2 Å². The largest absolute Gasteiger partial charge is 0.373 e. The molecule has 1 saturated heterocycles. The number of hydrogen-bond acceptors (Lipinski definition) is 5. The molecule has 0 N–H and O–H groups in total. The van der Waals surface area contributed by atoms with Gasteiger partial charge in [-0.05, 0) is 26.2 Å². The highest BCUT2D eigenvalue weighted by Crippen LogP contribution is 2.31. The van der Waals surface area contributed by atoms with E-state index in [9.17, 15) is 10.1 Å². The van der Waals surface area contributed by atoms with E-state index in [1.54, 1.807) is 35.1 Å². The predicted octanol–water partition coefficient (Wildman–Crippen LogP) is 1.44. The van der Waals surface area contributed by atoms with E-state index in [0.717, 1.165) is 5.56 Å². The lowest BCUT2D eigenvalue weighted by Crippen LogP contribution is -2.51. The number of morpholine rings is 1. The first-order valence-corrected chi connectivity index (χ1v) is 8.56. The Morgan fingerprint density at radius 1 is 1.42 bits per heavy atom. The number of aryl methyl sites for hydroxylation is 1. The van der Waals surface area contributed by atoms with Gasteiger partial charge in [-0.15, -0.1) is 0 Å². The number of nitrogens with zero attached hydrogens (tertiary/aromatic N) is 5.